The van der Waals surface area contributed by atoms with Crippen LogP contribution >= 0.6 is 0 Å². The molecule has 0 heterocycles. The van der Waals surface area contributed by atoms with Gasteiger partial charge in [0.1, 0.15) is 0 Å². The lowest BCUT2D eigenvalue weighted by molar-refractivity contribution is 0.0733. The molecule has 0 spiro atoms. The monoisotopic (exact) mass is 231 g/mol. The summed E-state index contributed by atoms with van der Waals surface area (Å²) in [5.41, 5.74) is 0. The lowest BCUT2D eigenvalue weighted by Gasteiger charge is -2.11. The Balaban J connectivity index is 3.51. The van der Waals surface area contributed by atoms with Crippen molar-refractivity contribution >= 4 is 5.96 Å². The van der Waals surface area contributed by atoms with Gasteiger partial charge in [0.05, 0.1) is 19.8 Å². The van der Waals surface area contributed by atoms with Gasteiger partial charge in [0.25, 0.3) is 0 Å². The molecule has 0 aromatic carbocycles. The van der Waals surface area contributed by atoms with Crippen molar-refractivity contribution in [3.05, 3.63) is 0 Å². The van der Waals surface area contributed by atoms with Gasteiger partial charge < -0.3 is 20.1 Å². The van der Waals surface area contributed by atoms with E-state index >= 15 is 0 Å². The molecule has 0 aromatic heterocycles. The van der Waals surface area contributed by atoms with E-state index in [0.29, 0.717) is 19.8 Å². The fraction of sp³-hybridized carbons (Fsp3) is 0.909. The molecule has 0 aliphatic carbocycles. The van der Waals surface area contributed by atoms with Gasteiger partial charge in [-0.3, -0.25) is 4.99 Å². The molecule has 0 aliphatic heterocycles. The first-order valence-corrected chi connectivity index (χ1v) is 5.94. The smallest absolute Gasteiger partial charge is 0.191 e. The first kappa shape index (κ1) is 15.2. The van der Waals surface area contributed by atoms with Gasteiger partial charge >= 0.3 is 0 Å². The minimum Gasteiger partial charge on any atom is -0.382 e. The molecular weight excluding hydrogens is 206 g/mol. The average molecular weight is 231 g/mol. The molecule has 0 bridgehead atoms. The summed E-state index contributed by atoms with van der Waals surface area (Å²) in [6.45, 7) is 8.60. The van der Waals surface area contributed by atoms with Gasteiger partial charge in [0.15, 0.2) is 5.96 Å². The Morgan fingerprint density at radius 1 is 1.12 bits per heavy atom. The van der Waals surface area contributed by atoms with Crippen LogP contribution in [-0.2, 0) is 9.47 Å². The summed E-state index contributed by atoms with van der Waals surface area (Å²) in [6.07, 6.45) is 1.06. The summed E-state index contributed by atoms with van der Waals surface area (Å²) in [5, 5.41) is 6.38. The molecule has 0 aromatic rings. The Kier molecular flexibility index (Phi) is 11.6. The number of hydrogen-bond donors (Lipinski definition) is 2. The maximum atomic E-state index is 5.34. The molecule has 16 heavy (non-hydrogen) atoms. The highest BCUT2D eigenvalue weighted by Crippen LogP contribution is 1.79. The standard InChI is InChI=1S/C11H25N3O2/c1-4-6-13-11(12-5-2)14-7-8-16-10-9-15-3/h4-10H2,1-3H3,(H2,12,13,14). The minimum atomic E-state index is 0.640. The number of nitrogens with one attached hydrogen (secondary N) is 2. The highest BCUT2D eigenvalue weighted by atomic mass is 16.5. The number of hydrogen-bond acceptors (Lipinski definition) is 3. The van der Waals surface area contributed by atoms with E-state index in [1.165, 1.54) is 0 Å². The second-order valence-electron chi connectivity index (χ2n) is 3.29. The average Bonchev–Trinajstić information content (AvgIpc) is 2.30. The predicted octanol–water partition coefficient (Wildman–Crippen LogP) is 0.615. The van der Waals surface area contributed by atoms with Crippen LogP contribution in [0.1, 0.15) is 20.3 Å². The third kappa shape index (κ3) is 9.73. The molecule has 0 rings (SSSR count). The summed E-state index contributed by atoms with van der Waals surface area (Å²) in [6, 6.07) is 0. The van der Waals surface area contributed by atoms with Crippen LogP contribution in [-0.4, -0.2) is 52.5 Å². The topological polar surface area (TPSA) is 54.9 Å². The van der Waals surface area contributed by atoms with E-state index in [1.54, 1.807) is 7.11 Å². The van der Waals surface area contributed by atoms with Crippen LogP contribution < -0.4 is 10.6 Å². The zero-order valence-corrected chi connectivity index (χ0v) is 10.7. The second kappa shape index (κ2) is 12.3. The van der Waals surface area contributed by atoms with Crippen LogP contribution in [0.25, 0.3) is 0 Å². The SMILES string of the molecule is CCCN=C(NCC)NCCOCCOC. The third-order valence-electron chi connectivity index (χ3n) is 1.81. The third-order valence-corrected chi connectivity index (χ3v) is 1.81. The van der Waals surface area contributed by atoms with Crippen LogP contribution in [0.4, 0.5) is 0 Å². The quantitative estimate of drug-likeness (QED) is 0.347. The predicted molar refractivity (Wildman–Crippen MR) is 67.0 cm³/mol. The number of nitrogens with zero attached hydrogens (tertiary/aromatic N) is 1. The van der Waals surface area contributed by atoms with Gasteiger partial charge in [-0.1, -0.05) is 6.92 Å². The molecule has 96 valence electrons. The van der Waals surface area contributed by atoms with Crippen molar-refractivity contribution in [3.63, 3.8) is 0 Å². The van der Waals surface area contributed by atoms with E-state index in [-0.39, 0.29) is 0 Å². The molecule has 0 fully saturated rings. The number of rotatable bonds is 9. The van der Waals surface area contributed by atoms with Crippen molar-refractivity contribution in [3.8, 4) is 0 Å². The highest BCUT2D eigenvalue weighted by molar-refractivity contribution is 5.79. The molecule has 0 atom stereocenters. The van der Waals surface area contributed by atoms with Crippen LogP contribution in [0.2, 0.25) is 0 Å². The fourth-order valence-electron chi connectivity index (χ4n) is 1.05. The molecule has 0 unspecified atom stereocenters. The molecule has 0 amide bonds. The molecule has 2 N–H and O–H groups in total. The van der Waals surface area contributed by atoms with Gasteiger partial charge in [-0.05, 0) is 13.3 Å². The molecule has 5 heteroatoms. The number of methoxy groups -OCH3 is 1. The Morgan fingerprint density at radius 2 is 1.94 bits per heavy atom. The van der Waals surface area contributed by atoms with Crippen LogP contribution in [0.15, 0.2) is 4.99 Å². The van der Waals surface area contributed by atoms with E-state index in [0.717, 1.165) is 32.0 Å². The number of ether oxygens (including phenoxy) is 2. The molecule has 0 radical (unpaired) electrons. The van der Waals surface area contributed by atoms with Crippen LogP contribution in [0.3, 0.4) is 0 Å². The maximum Gasteiger partial charge on any atom is 0.191 e. The summed E-state index contributed by atoms with van der Waals surface area (Å²) in [5.74, 6) is 0.861. The summed E-state index contributed by atoms with van der Waals surface area (Å²) in [7, 11) is 1.67. The van der Waals surface area contributed by atoms with Gasteiger partial charge in [0.2, 0.25) is 0 Å². The molecule has 5 nitrogen and oxygen atoms in total. The normalized spacial score (nSPS) is 11.6. The van der Waals surface area contributed by atoms with Gasteiger partial charge in [-0.2, -0.15) is 0 Å². The van der Waals surface area contributed by atoms with Crippen LogP contribution in [0, 0.1) is 0 Å². The Morgan fingerprint density at radius 3 is 2.56 bits per heavy atom. The minimum absolute atomic E-state index is 0.640. The Bertz CT molecular complexity index is 175. The molecule has 0 saturated carbocycles. The lowest BCUT2D eigenvalue weighted by atomic mass is 10.5. The van der Waals surface area contributed by atoms with Crippen molar-refractivity contribution in [2.75, 3.05) is 46.6 Å². The van der Waals surface area contributed by atoms with Gasteiger partial charge in [-0.25, -0.2) is 0 Å². The second-order valence-corrected chi connectivity index (χ2v) is 3.29. The van der Waals surface area contributed by atoms with E-state index in [4.69, 9.17) is 9.47 Å². The molecule has 0 saturated heterocycles. The first-order valence-electron chi connectivity index (χ1n) is 5.94. The maximum absolute atomic E-state index is 5.34. The van der Waals surface area contributed by atoms with Gasteiger partial charge in [-0.15, -0.1) is 0 Å². The largest absolute Gasteiger partial charge is 0.382 e. The highest BCUT2D eigenvalue weighted by Gasteiger charge is 1.95. The van der Waals surface area contributed by atoms with Crippen molar-refractivity contribution in [2.45, 2.75) is 20.3 Å². The van der Waals surface area contributed by atoms with Crippen molar-refractivity contribution in [1.82, 2.24) is 10.6 Å². The first-order chi connectivity index (χ1) is 7.85. The summed E-state index contributed by atoms with van der Waals surface area (Å²) >= 11 is 0. The van der Waals surface area contributed by atoms with E-state index in [9.17, 15) is 0 Å². The molecular formula is C11H25N3O2. The zero-order chi connectivity index (χ0) is 12.1. The van der Waals surface area contributed by atoms with Crippen molar-refractivity contribution < 1.29 is 9.47 Å². The van der Waals surface area contributed by atoms with E-state index < -0.39 is 0 Å². The number of guanidine groups is 1. The summed E-state index contributed by atoms with van der Waals surface area (Å²) in [4.78, 5) is 4.38. The van der Waals surface area contributed by atoms with Crippen LogP contribution in [0.5, 0.6) is 0 Å². The Labute approximate surface area is 98.6 Å². The summed E-state index contributed by atoms with van der Waals surface area (Å²) < 4.78 is 10.2. The van der Waals surface area contributed by atoms with E-state index in [1.807, 2.05) is 0 Å². The van der Waals surface area contributed by atoms with E-state index in [2.05, 4.69) is 29.5 Å². The Hall–Kier alpha value is -0.810. The van der Waals surface area contributed by atoms with Crippen molar-refractivity contribution in [2.24, 2.45) is 4.99 Å². The fourth-order valence-corrected chi connectivity index (χ4v) is 1.05. The zero-order valence-electron chi connectivity index (χ0n) is 10.7. The van der Waals surface area contributed by atoms with Crippen molar-refractivity contribution in [1.29, 1.82) is 0 Å². The number of aliphatic imine (C=N–C) groups is 1. The van der Waals surface area contributed by atoms with Gasteiger partial charge in [0, 0.05) is 26.7 Å². The molecule has 0 aliphatic rings. The lowest BCUT2D eigenvalue weighted by Crippen LogP contribution is -2.39.